The largest absolute Gasteiger partial charge is 0.492 e. The van der Waals surface area contributed by atoms with Gasteiger partial charge in [-0.05, 0) is 53.1 Å². The van der Waals surface area contributed by atoms with Crippen molar-refractivity contribution < 1.29 is 19.4 Å². The zero-order valence-corrected chi connectivity index (χ0v) is 24.1. The molecule has 6 heteroatoms. The molecule has 1 heterocycles. The van der Waals surface area contributed by atoms with Crippen LogP contribution in [0.3, 0.4) is 0 Å². The highest BCUT2D eigenvalue weighted by molar-refractivity contribution is 6.12. The number of aliphatic carboxylic acids is 1. The molecular weight excluding hydrogens is 548 g/mol. The number of carbonyl (C=O) groups excluding carboxylic acids is 1. The fraction of sp³-hybridized carbons (Fsp3) is 0.105. The number of carbonyl (C=O) groups is 2. The molecule has 5 aromatic carbocycles. The van der Waals surface area contributed by atoms with Crippen LogP contribution in [0.15, 0.2) is 127 Å². The Balaban J connectivity index is 1.11. The van der Waals surface area contributed by atoms with Crippen molar-refractivity contribution in [3.8, 4) is 5.75 Å². The van der Waals surface area contributed by atoms with Crippen molar-refractivity contribution in [3.63, 3.8) is 0 Å². The molecule has 0 unspecified atom stereocenters. The number of carboxylic acids is 1. The average Bonchev–Trinajstić information content (AvgIpc) is 3.22. The maximum absolute atomic E-state index is 13.1. The Bertz CT molecular complexity index is 1750. The second-order valence-electron chi connectivity index (χ2n) is 10.6. The van der Waals surface area contributed by atoms with Crippen molar-refractivity contribution in [2.45, 2.75) is 12.5 Å². The number of carboxylic acid groups (broad SMARTS) is 1. The van der Waals surface area contributed by atoms with Gasteiger partial charge in [-0.2, -0.15) is 0 Å². The molecule has 0 aromatic heterocycles. The highest BCUT2D eigenvalue weighted by Crippen LogP contribution is 2.36. The number of fused-ring (bicyclic) bond motifs is 2. The van der Waals surface area contributed by atoms with Crippen LogP contribution in [0.2, 0.25) is 0 Å². The van der Waals surface area contributed by atoms with Gasteiger partial charge in [0.25, 0.3) is 0 Å². The summed E-state index contributed by atoms with van der Waals surface area (Å²) in [4.78, 5) is 27.6. The number of rotatable bonds is 11. The van der Waals surface area contributed by atoms with Crippen molar-refractivity contribution in [1.29, 1.82) is 0 Å². The quantitative estimate of drug-likeness (QED) is 0.156. The maximum atomic E-state index is 13.1. The molecule has 2 N–H and O–H groups in total. The van der Waals surface area contributed by atoms with Gasteiger partial charge in [0.1, 0.15) is 18.4 Å². The van der Waals surface area contributed by atoms with E-state index < -0.39 is 12.0 Å². The Kier molecular flexibility index (Phi) is 8.50. The van der Waals surface area contributed by atoms with E-state index in [0.29, 0.717) is 35.7 Å². The number of para-hydroxylation sites is 3. The molecule has 1 aliphatic heterocycles. The van der Waals surface area contributed by atoms with Crippen molar-refractivity contribution in [1.82, 2.24) is 0 Å². The number of nitrogens with zero attached hydrogens (tertiary/aromatic N) is 1. The van der Waals surface area contributed by atoms with Crippen LogP contribution >= 0.6 is 0 Å². The fourth-order valence-electron chi connectivity index (χ4n) is 5.45. The Hall–Kier alpha value is -5.62. The van der Waals surface area contributed by atoms with Gasteiger partial charge in [0.15, 0.2) is 5.78 Å². The maximum Gasteiger partial charge on any atom is 0.326 e. The van der Waals surface area contributed by atoms with Gasteiger partial charge in [-0.25, -0.2) is 4.79 Å². The third-order valence-electron chi connectivity index (χ3n) is 7.68. The second-order valence-corrected chi connectivity index (χ2v) is 10.6. The van der Waals surface area contributed by atoms with E-state index in [1.54, 1.807) is 48.5 Å². The number of hydrogen-bond donors (Lipinski definition) is 2. The zero-order valence-electron chi connectivity index (χ0n) is 24.1. The zero-order chi connectivity index (χ0) is 30.3. The Morgan fingerprint density at radius 1 is 0.705 bits per heavy atom. The van der Waals surface area contributed by atoms with Crippen molar-refractivity contribution in [2.24, 2.45) is 0 Å². The first-order valence-electron chi connectivity index (χ1n) is 14.6. The topological polar surface area (TPSA) is 78.9 Å². The molecule has 0 saturated carbocycles. The third-order valence-corrected chi connectivity index (χ3v) is 7.68. The van der Waals surface area contributed by atoms with E-state index >= 15 is 0 Å². The van der Waals surface area contributed by atoms with Crippen LogP contribution in [0, 0.1) is 0 Å². The van der Waals surface area contributed by atoms with Gasteiger partial charge in [-0.3, -0.25) is 4.79 Å². The van der Waals surface area contributed by atoms with Crippen molar-refractivity contribution in [3.05, 3.63) is 155 Å². The normalized spacial score (nSPS) is 12.4. The molecule has 6 rings (SSSR count). The van der Waals surface area contributed by atoms with E-state index in [1.165, 1.54) is 0 Å². The Labute approximate surface area is 256 Å². The fourth-order valence-corrected chi connectivity index (χ4v) is 5.45. The molecule has 0 spiro atoms. The minimum absolute atomic E-state index is 0.164. The molecule has 0 bridgehead atoms. The summed E-state index contributed by atoms with van der Waals surface area (Å²) in [6.45, 7) is 1.12. The summed E-state index contributed by atoms with van der Waals surface area (Å²) < 4.78 is 6.14. The summed E-state index contributed by atoms with van der Waals surface area (Å²) in [5.74, 6) is -0.454. The first-order valence-corrected chi connectivity index (χ1v) is 14.6. The summed E-state index contributed by atoms with van der Waals surface area (Å²) in [5.41, 5.74) is 6.87. The second kappa shape index (κ2) is 13.1. The lowest BCUT2D eigenvalue weighted by Gasteiger charge is -2.27. The van der Waals surface area contributed by atoms with E-state index in [2.05, 4.69) is 46.6 Å². The molecule has 218 valence electrons. The number of hydrogen-bond acceptors (Lipinski definition) is 5. The van der Waals surface area contributed by atoms with Crippen LogP contribution in [-0.4, -0.2) is 36.1 Å². The number of benzene rings is 5. The summed E-state index contributed by atoms with van der Waals surface area (Å²) in [6, 6.07) is 39.2. The molecule has 44 heavy (non-hydrogen) atoms. The van der Waals surface area contributed by atoms with Gasteiger partial charge in [0.2, 0.25) is 0 Å². The van der Waals surface area contributed by atoms with Gasteiger partial charge >= 0.3 is 5.97 Å². The number of anilines is 3. The molecule has 0 aliphatic carbocycles. The van der Waals surface area contributed by atoms with E-state index in [0.717, 1.165) is 28.1 Å². The standard InChI is InChI=1S/C38H32N2O4/c41-37(30-12-2-1-3-13-30)32-14-6-7-15-33(32)39-34(38(42)43)26-27-18-22-31(23-19-27)44-25-24-40-35-16-8-4-10-28(35)20-21-29-11-5-9-17-36(29)40/h1-23,34,39H,24-26H2,(H,42,43)/t34-/m0/s1. The summed E-state index contributed by atoms with van der Waals surface area (Å²) in [7, 11) is 0. The predicted octanol–water partition coefficient (Wildman–Crippen LogP) is 7.73. The van der Waals surface area contributed by atoms with Crippen LogP contribution < -0.4 is 15.0 Å². The lowest BCUT2D eigenvalue weighted by atomic mass is 10.00. The summed E-state index contributed by atoms with van der Waals surface area (Å²) >= 11 is 0. The molecule has 1 aliphatic rings. The van der Waals surface area contributed by atoms with E-state index in [1.807, 2.05) is 54.6 Å². The van der Waals surface area contributed by atoms with E-state index in [-0.39, 0.29) is 12.2 Å². The molecule has 0 saturated heterocycles. The van der Waals surface area contributed by atoms with Crippen LogP contribution in [0.25, 0.3) is 12.2 Å². The highest BCUT2D eigenvalue weighted by atomic mass is 16.5. The van der Waals surface area contributed by atoms with E-state index in [4.69, 9.17) is 4.74 Å². The predicted molar refractivity (Wildman–Crippen MR) is 176 cm³/mol. The monoisotopic (exact) mass is 580 g/mol. The molecule has 1 atom stereocenters. The molecular formula is C38H32N2O4. The molecule has 0 amide bonds. The van der Waals surface area contributed by atoms with Gasteiger partial charge in [0, 0.05) is 34.6 Å². The number of ketones is 1. The van der Waals surface area contributed by atoms with Gasteiger partial charge < -0.3 is 20.1 Å². The minimum atomic E-state index is -1.00. The first-order chi connectivity index (χ1) is 21.6. The van der Waals surface area contributed by atoms with E-state index in [9.17, 15) is 14.7 Å². The first kappa shape index (κ1) is 28.5. The SMILES string of the molecule is O=C(c1ccccc1)c1ccccc1N[C@@H](Cc1ccc(OCCN2c3ccccc3C=Cc3ccccc32)cc1)C(=O)O. The average molecular weight is 581 g/mol. The van der Waals surface area contributed by atoms with Crippen LogP contribution in [-0.2, 0) is 11.2 Å². The summed E-state index contributed by atoms with van der Waals surface area (Å²) in [5, 5.41) is 13.1. The number of nitrogens with one attached hydrogen (secondary N) is 1. The molecule has 0 fully saturated rings. The lowest BCUT2D eigenvalue weighted by molar-refractivity contribution is -0.137. The smallest absolute Gasteiger partial charge is 0.326 e. The lowest BCUT2D eigenvalue weighted by Crippen LogP contribution is -2.32. The van der Waals surface area contributed by atoms with Gasteiger partial charge in [0.05, 0.1) is 6.54 Å². The molecule has 0 radical (unpaired) electrons. The van der Waals surface area contributed by atoms with Gasteiger partial charge in [-0.1, -0.05) is 103 Å². The van der Waals surface area contributed by atoms with Crippen molar-refractivity contribution >= 4 is 41.0 Å². The van der Waals surface area contributed by atoms with Crippen LogP contribution in [0.1, 0.15) is 32.6 Å². The minimum Gasteiger partial charge on any atom is -0.492 e. The Morgan fingerprint density at radius 2 is 1.30 bits per heavy atom. The molecule has 5 aromatic rings. The highest BCUT2D eigenvalue weighted by Gasteiger charge is 2.22. The van der Waals surface area contributed by atoms with Crippen molar-refractivity contribution in [2.75, 3.05) is 23.4 Å². The van der Waals surface area contributed by atoms with Crippen LogP contribution in [0.4, 0.5) is 17.1 Å². The number of ether oxygens (including phenoxy) is 1. The van der Waals surface area contributed by atoms with Crippen LogP contribution in [0.5, 0.6) is 5.75 Å². The van der Waals surface area contributed by atoms with Gasteiger partial charge in [-0.15, -0.1) is 0 Å². The summed E-state index contributed by atoms with van der Waals surface area (Å²) in [6.07, 6.45) is 4.53. The Morgan fingerprint density at radius 3 is 1.95 bits per heavy atom. The third kappa shape index (κ3) is 6.40. The molecule has 6 nitrogen and oxygen atoms in total.